The average Bonchev–Trinajstić information content (AvgIpc) is 2.79. The number of amides is 2. The molecule has 0 radical (unpaired) electrons. The number of aliphatic hydroxyl groups is 1. The molecule has 7 heteroatoms. The van der Waals surface area contributed by atoms with Gasteiger partial charge in [0.1, 0.15) is 6.10 Å². The number of unbranched alkanes of at least 4 members (excludes halogenated alkanes) is 9. The number of nitrogens with one attached hydrogen (secondary N) is 2. The predicted octanol–water partition coefficient (Wildman–Crippen LogP) is 4.75. The molecule has 188 valence electrons. The number of carbonyl (C=O) groups is 3. The zero-order valence-electron chi connectivity index (χ0n) is 20.8. The maximum atomic E-state index is 11.7. The molecule has 3 N–H and O–H groups in total. The summed E-state index contributed by atoms with van der Waals surface area (Å²) in [6.45, 7) is 5.90. The summed E-state index contributed by atoms with van der Waals surface area (Å²) < 4.78 is 5.46. The second-order valence-corrected chi connectivity index (χ2v) is 8.54. The number of hydrogen-bond acceptors (Lipinski definition) is 5. The van der Waals surface area contributed by atoms with Crippen molar-refractivity contribution in [3.8, 4) is 0 Å². The topological polar surface area (TPSA) is 105 Å². The van der Waals surface area contributed by atoms with Gasteiger partial charge in [-0.3, -0.25) is 14.4 Å². The van der Waals surface area contributed by atoms with Crippen LogP contribution in [0.5, 0.6) is 0 Å². The minimum Gasteiger partial charge on any atom is -0.460 e. The molecule has 0 rings (SSSR count). The third-order valence-corrected chi connectivity index (χ3v) is 5.64. The smallest absolute Gasteiger partial charge is 0.305 e. The quantitative estimate of drug-likeness (QED) is 0.131. The molecule has 2 unspecified atom stereocenters. The van der Waals surface area contributed by atoms with Gasteiger partial charge < -0.3 is 20.5 Å². The summed E-state index contributed by atoms with van der Waals surface area (Å²) in [6.07, 6.45) is 13.4. The van der Waals surface area contributed by atoms with E-state index in [4.69, 9.17) is 4.74 Å². The van der Waals surface area contributed by atoms with Crippen LogP contribution < -0.4 is 10.6 Å². The van der Waals surface area contributed by atoms with E-state index in [-0.39, 0.29) is 30.6 Å². The second-order valence-electron chi connectivity index (χ2n) is 8.54. The van der Waals surface area contributed by atoms with E-state index in [0.717, 1.165) is 77.0 Å². The molecule has 0 aliphatic rings. The van der Waals surface area contributed by atoms with Gasteiger partial charge in [-0.2, -0.15) is 0 Å². The standard InChI is InChI=1S/C25H48N2O5/c1-4-7-14-18-22(32-25(31)6-3)21(28)17-15-12-10-8-9-11-13-16-19-24(30)27-20-26-23(29)5-2/h21-22,28H,4-20H2,1-3H3,(H,26,29)(H,27,30). The Morgan fingerprint density at radius 2 is 1.28 bits per heavy atom. The highest BCUT2D eigenvalue weighted by Gasteiger charge is 2.22. The Labute approximate surface area is 195 Å². The lowest BCUT2D eigenvalue weighted by atomic mass is 9.99. The van der Waals surface area contributed by atoms with Crippen LogP contribution in [-0.4, -0.2) is 41.8 Å². The summed E-state index contributed by atoms with van der Waals surface area (Å²) in [6, 6.07) is 0. The van der Waals surface area contributed by atoms with Crippen molar-refractivity contribution in [2.75, 3.05) is 6.67 Å². The molecule has 0 aromatic heterocycles. The summed E-state index contributed by atoms with van der Waals surface area (Å²) in [4.78, 5) is 34.4. The van der Waals surface area contributed by atoms with E-state index >= 15 is 0 Å². The van der Waals surface area contributed by atoms with Crippen LogP contribution in [0.3, 0.4) is 0 Å². The van der Waals surface area contributed by atoms with E-state index in [1.807, 2.05) is 0 Å². The summed E-state index contributed by atoms with van der Waals surface area (Å²) in [7, 11) is 0. The van der Waals surface area contributed by atoms with Gasteiger partial charge in [0.15, 0.2) is 0 Å². The van der Waals surface area contributed by atoms with E-state index in [1.54, 1.807) is 13.8 Å². The van der Waals surface area contributed by atoms with Gasteiger partial charge in [-0.05, 0) is 25.7 Å². The Bertz CT molecular complexity index is 499. The molecule has 0 fully saturated rings. The lowest BCUT2D eigenvalue weighted by Crippen LogP contribution is -2.36. The highest BCUT2D eigenvalue weighted by molar-refractivity contribution is 5.78. The lowest BCUT2D eigenvalue weighted by Gasteiger charge is -2.23. The van der Waals surface area contributed by atoms with E-state index < -0.39 is 6.10 Å². The average molecular weight is 457 g/mol. The fourth-order valence-corrected chi connectivity index (χ4v) is 3.52. The van der Waals surface area contributed by atoms with Crippen LogP contribution in [-0.2, 0) is 19.1 Å². The zero-order valence-corrected chi connectivity index (χ0v) is 20.8. The van der Waals surface area contributed by atoms with Crippen molar-refractivity contribution >= 4 is 17.8 Å². The molecule has 0 heterocycles. The molecule has 0 spiro atoms. The Balaban J connectivity index is 3.70. The van der Waals surface area contributed by atoms with Gasteiger partial charge in [0, 0.05) is 19.3 Å². The molecule has 2 amide bonds. The second kappa shape index (κ2) is 21.2. The van der Waals surface area contributed by atoms with Gasteiger partial charge in [-0.15, -0.1) is 0 Å². The Kier molecular flexibility index (Phi) is 20.1. The Morgan fingerprint density at radius 3 is 1.88 bits per heavy atom. The van der Waals surface area contributed by atoms with Crippen molar-refractivity contribution in [1.29, 1.82) is 0 Å². The first-order valence-electron chi connectivity index (χ1n) is 12.8. The van der Waals surface area contributed by atoms with Gasteiger partial charge in [-0.1, -0.05) is 78.6 Å². The van der Waals surface area contributed by atoms with Crippen molar-refractivity contribution in [1.82, 2.24) is 10.6 Å². The molecule has 0 aromatic rings. The highest BCUT2D eigenvalue weighted by atomic mass is 16.6. The molecule has 0 aliphatic carbocycles. The predicted molar refractivity (Wildman–Crippen MR) is 128 cm³/mol. The third kappa shape index (κ3) is 18.0. The normalized spacial score (nSPS) is 12.8. The Hall–Kier alpha value is -1.63. The fraction of sp³-hybridized carbons (Fsp3) is 0.880. The summed E-state index contributed by atoms with van der Waals surface area (Å²) >= 11 is 0. The van der Waals surface area contributed by atoms with E-state index in [2.05, 4.69) is 17.6 Å². The summed E-state index contributed by atoms with van der Waals surface area (Å²) in [5, 5.41) is 15.8. The molecule has 0 bridgehead atoms. The van der Waals surface area contributed by atoms with Gasteiger partial charge in [0.05, 0.1) is 12.8 Å². The largest absolute Gasteiger partial charge is 0.460 e. The molecule has 7 nitrogen and oxygen atoms in total. The fourth-order valence-electron chi connectivity index (χ4n) is 3.52. The van der Waals surface area contributed by atoms with Crippen molar-refractivity contribution in [2.24, 2.45) is 0 Å². The maximum Gasteiger partial charge on any atom is 0.305 e. The molecule has 0 aliphatic heterocycles. The molecule has 0 saturated heterocycles. The van der Waals surface area contributed by atoms with Crippen LogP contribution in [0.1, 0.15) is 124 Å². The summed E-state index contributed by atoms with van der Waals surface area (Å²) in [5.41, 5.74) is 0. The van der Waals surface area contributed by atoms with E-state index in [1.165, 1.54) is 0 Å². The number of aliphatic hydroxyl groups excluding tert-OH is 1. The molecular formula is C25H48N2O5. The summed E-state index contributed by atoms with van der Waals surface area (Å²) in [5.74, 6) is -0.310. The van der Waals surface area contributed by atoms with Crippen LogP contribution in [0.2, 0.25) is 0 Å². The van der Waals surface area contributed by atoms with Crippen molar-refractivity contribution in [3.05, 3.63) is 0 Å². The van der Waals surface area contributed by atoms with Crippen molar-refractivity contribution in [3.63, 3.8) is 0 Å². The SMILES string of the molecule is CCCCCC(OC(=O)CC)C(O)CCCCCCCCCCC(=O)NCNC(=O)CC. The van der Waals surface area contributed by atoms with Crippen LogP contribution in [0, 0.1) is 0 Å². The van der Waals surface area contributed by atoms with Gasteiger partial charge in [-0.25, -0.2) is 0 Å². The first-order valence-corrected chi connectivity index (χ1v) is 12.8. The maximum absolute atomic E-state index is 11.7. The van der Waals surface area contributed by atoms with E-state index in [0.29, 0.717) is 25.7 Å². The molecule has 32 heavy (non-hydrogen) atoms. The Morgan fingerprint density at radius 1 is 0.719 bits per heavy atom. The number of esters is 1. The highest BCUT2D eigenvalue weighted by Crippen LogP contribution is 2.17. The van der Waals surface area contributed by atoms with Crippen LogP contribution in [0.4, 0.5) is 0 Å². The number of rotatable bonds is 21. The number of hydrogen-bond donors (Lipinski definition) is 3. The monoisotopic (exact) mass is 456 g/mol. The minimum absolute atomic E-state index is 0.0161. The lowest BCUT2D eigenvalue weighted by molar-refractivity contribution is -0.155. The van der Waals surface area contributed by atoms with Crippen LogP contribution in [0.15, 0.2) is 0 Å². The van der Waals surface area contributed by atoms with Crippen molar-refractivity contribution < 1.29 is 24.2 Å². The third-order valence-electron chi connectivity index (χ3n) is 5.64. The van der Waals surface area contributed by atoms with Gasteiger partial charge in [0.2, 0.25) is 11.8 Å². The molecule has 0 saturated carbocycles. The molecule has 2 atom stereocenters. The van der Waals surface area contributed by atoms with Crippen LogP contribution in [0.25, 0.3) is 0 Å². The van der Waals surface area contributed by atoms with E-state index in [9.17, 15) is 19.5 Å². The first kappa shape index (κ1) is 30.4. The van der Waals surface area contributed by atoms with Crippen molar-refractivity contribution in [2.45, 2.75) is 136 Å². The zero-order chi connectivity index (χ0) is 24.0. The number of ether oxygens (including phenoxy) is 1. The molecular weight excluding hydrogens is 408 g/mol. The minimum atomic E-state index is -0.566. The first-order chi connectivity index (χ1) is 15.4. The molecule has 0 aromatic carbocycles. The van der Waals surface area contributed by atoms with Crippen LogP contribution >= 0.6 is 0 Å². The number of carbonyl (C=O) groups excluding carboxylic acids is 3. The van der Waals surface area contributed by atoms with Gasteiger partial charge >= 0.3 is 5.97 Å². The van der Waals surface area contributed by atoms with Gasteiger partial charge in [0.25, 0.3) is 0 Å².